The number of likely N-dealkylation sites (N-methyl/N-ethyl adjacent to an activating group) is 2. The molecule has 9 nitrogen and oxygen atoms in total. The molecule has 0 saturated carbocycles. The highest BCUT2D eigenvalue weighted by Gasteiger charge is 2.42. The Kier molecular flexibility index (Phi) is 6.95. The van der Waals surface area contributed by atoms with Gasteiger partial charge in [0.05, 0.1) is 31.1 Å². The summed E-state index contributed by atoms with van der Waals surface area (Å²) in [6, 6.07) is 3.84. The maximum atomic E-state index is 12.9. The van der Waals surface area contributed by atoms with Gasteiger partial charge < -0.3 is 15.0 Å². The summed E-state index contributed by atoms with van der Waals surface area (Å²) in [6.07, 6.45) is 3.38. The normalized spacial score (nSPS) is 19.9. The summed E-state index contributed by atoms with van der Waals surface area (Å²) in [4.78, 5) is 42.7. The first-order chi connectivity index (χ1) is 15.5. The van der Waals surface area contributed by atoms with E-state index in [0.717, 1.165) is 50.1 Å². The molecule has 0 radical (unpaired) electrons. The molecule has 0 aromatic heterocycles. The fraction of sp³-hybridized carbons (Fsp3) is 0.609. The molecule has 0 bridgehead atoms. The number of anilines is 2. The van der Waals surface area contributed by atoms with Crippen LogP contribution in [0, 0.1) is 0 Å². The minimum atomic E-state index is -0.529. The Morgan fingerprint density at radius 2 is 1.53 bits per heavy atom. The van der Waals surface area contributed by atoms with Gasteiger partial charge in [-0.3, -0.25) is 9.69 Å². The van der Waals surface area contributed by atoms with Crippen molar-refractivity contribution in [3.63, 3.8) is 0 Å². The van der Waals surface area contributed by atoms with E-state index < -0.39 is 11.8 Å². The number of hydrogen-bond acceptors (Lipinski definition) is 6. The molecular weight excluding hydrogens is 410 g/mol. The number of nitrogens with zero attached hydrogens (tertiary/aromatic N) is 4. The average molecular weight is 444 g/mol. The number of rotatable bonds is 6. The van der Waals surface area contributed by atoms with E-state index in [0.29, 0.717) is 43.9 Å². The smallest absolute Gasteiger partial charge is 0.379 e. The second-order valence-corrected chi connectivity index (χ2v) is 8.44. The van der Waals surface area contributed by atoms with Crippen molar-refractivity contribution in [2.24, 2.45) is 0 Å². The standard InChI is InChI=1S/C23H32N5O4/c1-3-27-19-14-17(24-21(29)16-25-10-12-32-13-11-25)18(26-8-6-5-7-9-26)15-20(19)28(4-2)23(31)22(27)30/h14-15H,3-13,16H2,1-2H3/q+1/p+1. The number of hydrogen-bond donors (Lipinski definition) is 1. The van der Waals surface area contributed by atoms with E-state index in [1.54, 1.807) is 0 Å². The van der Waals surface area contributed by atoms with Crippen LogP contribution in [-0.2, 0) is 19.1 Å². The van der Waals surface area contributed by atoms with E-state index in [9.17, 15) is 14.4 Å². The third-order valence-corrected chi connectivity index (χ3v) is 6.42. The Balaban J connectivity index is 1.79. The zero-order valence-corrected chi connectivity index (χ0v) is 19.1. The highest BCUT2D eigenvalue weighted by atomic mass is 16.5. The maximum Gasteiger partial charge on any atom is 0.529 e. The maximum absolute atomic E-state index is 12.9. The first kappa shape index (κ1) is 22.5. The van der Waals surface area contributed by atoms with Crippen molar-refractivity contribution in [3.8, 4) is 0 Å². The molecule has 2 fully saturated rings. The van der Waals surface area contributed by atoms with E-state index in [1.165, 1.54) is 15.6 Å². The number of nitrogens with one attached hydrogen (secondary N) is 1. The first-order valence-electron chi connectivity index (χ1n) is 11.7. The molecular formula is C23H33N5O4+2. The van der Waals surface area contributed by atoms with Gasteiger partial charge in [-0.25, -0.2) is 9.59 Å². The number of piperidine rings is 1. The van der Waals surface area contributed by atoms with Gasteiger partial charge in [-0.1, -0.05) is 0 Å². The number of morpholine rings is 1. The van der Waals surface area contributed by atoms with Crippen LogP contribution in [0.4, 0.5) is 11.4 Å². The second-order valence-electron chi connectivity index (χ2n) is 8.44. The van der Waals surface area contributed by atoms with Crippen LogP contribution in [0.2, 0.25) is 0 Å². The monoisotopic (exact) mass is 443 g/mol. The zero-order valence-electron chi connectivity index (χ0n) is 19.1. The summed E-state index contributed by atoms with van der Waals surface area (Å²) in [5, 5.41) is 4.50. The number of fused-ring (bicyclic) bond motifs is 1. The molecule has 3 amide bonds. The molecule has 32 heavy (non-hydrogen) atoms. The number of carbonyl (C=O) groups excluding carboxylic acids is 3. The van der Waals surface area contributed by atoms with Gasteiger partial charge in [-0.2, -0.15) is 0 Å². The van der Waals surface area contributed by atoms with Gasteiger partial charge in [0.15, 0.2) is 13.1 Å². The van der Waals surface area contributed by atoms with Crippen LogP contribution in [0.25, 0.3) is 0 Å². The summed E-state index contributed by atoms with van der Waals surface area (Å²) >= 11 is 0. The second kappa shape index (κ2) is 9.87. The molecule has 0 atom stereocenters. The van der Waals surface area contributed by atoms with E-state index in [-0.39, 0.29) is 5.91 Å². The highest BCUT2D eigenvalue weighted by molar-refractivity contribution is 6.36. The summed E-state index contributed by atoms with van der Waals surface area (Å²) < 4.78 is 8.41. The molecule has 1 N–H and O–H groups in total. The molecule has 3 aliphatic rings. The van der Waals surface area contributed by atoms with Crippen LogP contribution in [0.3, 0.4) is 0 Å². The van der Waals surface area contributed by atoms with Gasteiger partial charge >= 0.3 is 11.8 Å². The Morgan fingerprint density at radius 1 is 0.938 bits per heavy atom. The van der Waals surface area contributed by atoms with Crippen molar-refractivity contribution in [1.29, 1.82) is 0 Å². The van der Waals surface area contributed by atoms with Gasteiger partial charge in [0.2, 0.25) is 5.91 Å². The van der Waals surface area contributed by atoms with Gasteiger partial charge in [0.1, 0.15) is 0 Å². The van der Waals surface area contributed by atoms with Crippen LogP contribution < -0.4 is 30.1 Å². The van der Waals surface area contributed by atoms with E-state index in [2.05, 4.69) is 15.1 Å². The fourth-order valence-corrected chi connectivity index (χ4v) is 4.72. The van der Waals surface area contributed by atoms with E-state index in [4.69, 9.17) is 4.74 Å². The summed E-state index contributed by atoms with van der Waals surface area (Å²) in [5.41, 5.74) is 1.61. The topological polar surface area (TPSA) is 85.0 Å². The number of carbonyl (C=O) groups is 3. The summed E-state index contributed by atoms with van der Waals surface area (Å²) in [7, 11) is 0. The van der Waals surface area contributed by atoms with Gasteiger partial charge in [-0.05, 0) is 33.1 Å². The van der Waals surface area contributed by atoms with Crippen molar-refractivity contribution in [2.45, 2.75) is 33.1 Å². The molecule has 3 heterocycles. The van der Waals surface area contributed by atoms with Gasteiger partial charge in [0.25, 0.3) is 10.7 Å². The molecule has 9 heteroatoms. The fourth-order valence-electron chi connectivity index (χ4n) is 4.72. The number of benzene rings is 1. The van der Waals surface area contributed by atoms with Crippen molar-refractivity contribution >= 4 is 29.1 Å². The largest absolute Gasteiger partial charge is 0.529 e. The Bertz CT molecular complexity index is 1040. The predicted molar refractivity (Wildman–Crippen MR) is 121 cm³/mol. The Hall–Kier alpha value is -2.65. The summed E-state index contributed by atoms with van der Waals surface area (Å²) in [6.45, 7) is 9.39. The third kappa shape index (κ3) is 4.45. The van der Waals surface area contributed by atoms with Crippen molar-refractivity contribution in [2.75, 3.05) is 69.2 Å². The summed E-state index contributed by atoms with van der Waals surface area (Å²) in [5.74, 6) is -1.12. The van der Waals surface area contributed by atoms with Crippen molar-refractivity contribution in [1.82, 2.24) is 14.1 Å². The molecule has 3 aliphatic heterocycles. The molecule has 0 unspecified atom stereocenters. The van der Waals surface area contributed by atoms with Crippen molar-refractivity contribution in [3.05, 3.63) is 22.8 Å². The Morgan fingerprint density at radius 3 is 2.12 bits per heavy atom. The number of amides is 3. The molecule has 1 aromatic rings. The van der Waals surface area contributed by atoms with Crippen LogP contribution in [0.15, 0.2) is 12.1 Å². The molecule has 4 rings (SSSR count). The zero-order chi connectivity index (χ0) is 22.7. The lowest BCUT2D eigenvalue weighted by molar-refractivity contribution is -0.142. The first-order valence-corrected chi connectivity index (χ1v) is 11.7. The molecule has 0 spiro atoms. The molecule has 0 aliphatic carbocycles. The molecule has 2 saturated heterocycles. The lowest BCUT2D eigenvalue weighted by Crippen LogP contribution is -2.60. The minimum absolute atomic E-state index is 0.0845. The lowest BCUT2D eigenvalue weighted by Gasteiger charge is -2.30. The van der Waals surface area contributed by atoms with E-state index in [1.807, 2.05) is 26.0 Å². The molecule has 172 valence electrons. The van der Waals surface area contributed by atoms with Crippen LogP contribution in [-0.4, -0.2) is 81.6 Å². The van der Waals surface area contributed by atoms with Gasteiger partial charge in [-0.15, -0.1) is 9.15 Å². The molecule has 1 aromatic carbocycles. The van der Waals surface area contributed by atoms with E-state index >= 15 is 0 Å². The van der Waals surface area contributed by atoms with Crippen LogP contribution in [0.5, 0.6) is 0 Å². The third-order valence-electron chi connectivity index (χ3n) is 6.42. The quantitative estimate of drug-likeness (QED) is 0.450. The predicted octanol–water partition coefficient (Wildman–Crippen LogP) is -0.964. The van der Waals surface area contributed by atoms with Crippen molar-refractivity contribution < 1.29 is 19.1 Å². The lowest BCUT2D eigenvalue weighted by atomic mass is 10.1. The van der Waals surface area contributed by atoms with Crippen LogP contribution in [0.1, 0.15) is 33.1 Å². The Labute approximate surface area is 187 Å². The SMILES string of the molecule is CC[N+]1=c2cc(NC(=O)CN3CCOCC3)c(N3CCCCC3)cc2=[N+](CC)C(=O)C1=O. The van der Waals surface area contributed by atoms with Crippen LogP contribution >= 0.6 is 0 Å². The number of ether oxygens (including phenoxy) is 1. The minimum Gasteiger partial charge on any atom is -0.379 e. The van der Waals surface area contributed by atoms with Gasteiger partial charge in [0, 0.05) is 38.3 Å². The average Bonchev–Trinajstić information content (AvgIpc) is 2.81. The highest BCUT2D eigenvalue weighted by Crippen LogP contribution is 2.26.